The van der Waals surface area contributed by atoms with Gasteiger partial charge in [0, 0.05) is 24.1 Å². The molecule has 3 rings (SSSR count). The van der Waals surface area contributed by atoms with Crippen LogP contribution < -0.4 is 0 Å². The second-order valence-corrected chi connectivity index (χ2v) is 9.35. The Hall–Kier alpha value is -2.18. The SMILES string of the molecule is CN(C)CCOC1(c2ccccc2)CC2CCC1(C)C2(C)C.O=C(O)/C=C/C(=O)O. The average molecular weight is 418 g/mol. The minimum absolute atomic E-state index is 0.114. The Kier molecular flexibility index (Phi) is 7.48. The number of benzene rings is 1. The fourth-order valence-electron chi connectivity index (χ4n) is 5.24. The molecule has 1 aromatic rings. The van der Waals surface area contributed by atoms with Gasteiger partial charge in [0.1, 0.15) is 0 Å². The molecule has 0 radical (unpaired) electrons. The molecule has 6 nitrogen and oxygen atoms in total. The number of nitrogens with zero attached hydrogens (tertiary/aromatic N) is 1. The molecule has 0 heterocycles. The van der Waals surface area contributed by atoms with Gasteiger partial charge in [-0.3, -0.25) is 0 Å². The van der Waals surface area contributed by atoms with Crippen molar-refractivity contribution in [2.45, 2.75) is 45.6 Å². The first-order chi connectivity index (χ1) is 14.0. The lowest BCUT2D eigenvalue weighted by Gasteiger charge is -2.49. The Labute approximate surface area is 179 Å². The van der Waals surface area contributed by atoms with Crippen LogP contribution in [0.4, 0.5) is 0 Å². The summed E-state index contributed by atoms with van der Waals surface area (Å²) in [6, 6.07) is 11.0. The molecule has 0 aliphatic heterocycles. The maximum Gasteiger partial charge on any atom is 0.328 e. The molecular formula is C24H35NO5. The molecule has 2 fully saturated rings. The first-order valence-electron chi connectivity index (χ1n) is 10.4. The Morgan fingerprint density at radius 2 is 1.67 bits per heavy atom. The monoisotopic (exact) mass is 417 g/mol. The van der Waals surface area contributed by atoms with Crippen LogP contribution in [0.25, 0.3) is 0 Å². The lowest BCUT2D eigenvalue weighted by atomic mass is 9.62. The minimum atomic E-state index is -1.26. The fraction of sp³-hybridized carbons (Fsp3) is 0.583. The Balaban J connectivity index is 0.000000343. The molecule has 3 unspecified atom stereocenters. The van der Waals surface area contributed by atoms with Gasteiger partial charge in [-0.25, -0.2) is 9.59 Å². The van der Waals surface area contributed by atoms with Crippen LogP contribution in [0.15, 0.2) is 42.5 Å². The van der Waals surface area contributed by atoms with Gasteiger partial charge in [-0.15, -0.1) is 0 Å². The fourth-order valence-corrected chi connectivity index (χ4v) is 5.24. The molecular weight excluding hydrogens is 382 g/mol. The molecule has 2 aliphatic rings. The highest BCUT2D eigenvalue weighted by atomic mass is 16.5. The van der Waals surface area contributed by atoms with E-state index in [1.165, 1.54) is 24.8 Å². The van der Waals surface area contributed by atoms with Gasteiger partial charge in [-0.2, -0.15) is 0 Å². The molecule has 3 atom stereocenters. The van der Waals surface area contributed by atoms with Crippen molar-refractivity contribution in [2.24, 2.45) is 16.7 Å². The summed E-state index contributed by atoms with van der Waals surface area (Å²) >= 11 is 0. The molecule has 0 aromatic heterocycles. The van der Waals surface area contributed by atoms with E-state index in [1.54, 1.807) is 0 Å². The van der Waals surface area contributed by atoms with Crippen LogP contribution in [-0.4, -0.2) is 54.3 Å². The summed E-state index contributed by atoms with van der Waals surface area (Å²) in [7, 11) is 4.23. The van der Waals surface area contributed by atoms with E-state index >= 15 is 0 Å². The molecule has 1 aromatic carbocycles. The van der Waals surface area contributed by atoms with Gasteiger partial charge in [-0.05, 0) is 50.3 Å². The predicted molar refractivity (Wildman–Crippen MR) is 116 cm³/mol. The molecule has 30 heavy (non-hydrogen) atoms. The predicted octanol–water partition coefficient (Wildman–Crippen LogP) is 4.02. The number of ether oxygens (including phenoxy) is 1. The number of rotatable bonds is 7. The number of carboxylic acid groups (broad SMARTS) is 2. The van der Waals surface area contributed by atoms with Crippen LogP contribution in [-0.2, 0) is 19.9 Å². The highest BCUT2D eigenvalue weighted by molar-refractivity contribution is 5.89. The summed E-state index contributed by atoms with van der Waals surface area (Å²) < 4.78 is 6.72. The standard InChI is InChI=1S/C20H31NO.C4H4O4/c1-18(2)17-11-12-19(18,3)20(15-17,22-14-13-21(4)5)16-9-7-6-8-10-16;5-3(6)1-2-4(7)8/h6-10,17H,11-15H2,1-5H3;1-2H,(H,5,6)(H,7,8)/b;2-1+. The zero-order valence-corrected chi connectivity index (χ0v) is 18.7. The van der Waals surface area contributed by atoms with Crippen molar-refractivity contribution in [1.29, 1.82) is 0 Å². The van der Waals surface area contributed by atoms with Crippen molar-refractivity contribution in [1.82, 2.24) is 4.90 Å². The number of likely N-dealkylation sites (N-methyl/N-ethyl adjacent to an activating group) is 1. The van der Waals surface area contributed by atoms with Crippen LogP contribution in [0.5, 0.6) is 0 Å². The number of fused-ring (bicyclic) bond motifs is 2. The van der Waals surface area contributed by atoms with E-state index < -0.39 is 11.9 Å². The Morgan fingerprint density at radius 1 is 1.10 bits per heavy atom. The van der Waals surface area contributed by atoms with Crippen molar-refractivity contribution in [3.05, 3.63) is 48.0 Å². The smallest absolute Gasteiger partial charge is 0.328 e. The van der Waals surface area contributed by atoms with Gasteiger partial charge in [-0.1, -0.05) is 51.1 Å². The molecule has 0 amide bonds. The van der Waals surface area contributed by atoms with E-state index in [4.69, 9.17) is 14.9 Å². The highest BCUT2D eigenvalue weighted by Gasteiger charge is 2.69. The maximum absolute atomic E-state index is 9.55. The Bertz CT molecular complexity index is 757. The summed E-state index contributed by atoms with van der Waals surface area (Å²) in [4.78, 5) is 21.3. The van der Waals surface area contributed by atoms with Crippen molar-refractivity contribution >= 4 is 11.9 Å². The quantitative estimate of drug-likeness (QED) is 0.652. The maximum atomic E-state index is 9.55. The number of aliphatic carboxylic acids is 2. The molecule has 2 aliphatic carbocycles. The summed E-state index contributed by atoms with van der Waals surface area (Å²) in [6.07, 6.45) is 4.93. The van der Waals surface area contributed by atoms with E-state index in [1.807, 2.05) is 0 Å². The van der Waals surface area contributed by atoms with Gasteiger partial charge in [0.15, 0.2) is 0 Å². The van der Waals surface area contributed by atoms with E-state index in [-0.39, 0.29) is 11.0 Å². The third kappa shape index (κ3) is 4.60. The molecule has 0 spiro atoms. The highest BCUT2D eigenvalue weighted by Crippen LogP contribution is 2.73. The van der Waals surface area contributed by atoms with E-state index in [0.717, 1.165) is 19.1 Å². The third-order valence-corrected chi connectivity index (χ3v) is 7.36. The van der Waals surface area contributed by atoms with Crippen LogP contribution in [0, 0.1) is 16.7 Å². The van der Waals surface area contributed by atoms with Crippen molar-refractivity contribution in [3.63, 3.8) is 0 Å². The van der Waals surface area contributed by atoms with Crippen molar-refractivity contribution in [3.8, 4) is 0 Å². The van der Waals surface area contributed by atoms with Crippen LogP contribution >= 0.6 is 0 Å². The summed E-state index contributed by atoms with van der Waals surface area (Å²) in [5.41, 5.74) is 1.84. The van der Waals surface area contributed by atoms with Crippen LogP contribution in [0.2, 0.25) is 0 Å². The normalized spacial score (nSPS) is 29.1. The van der Waals surface area contributed by atoms with Gasteiger partial charge in [0.2, 0.25) is 0 Å². The molecule has 6 heteroatoms. The lowest BCUT2D eigenvalue weighted by Crippen LogP contribution is -2.47. The zero-order chi connectivity index (χ0) is 22.6. The second kappa shape index (κ2) is 9.31. The molecule has 0 saturated heterocycles. The van der Waals surface area contributed by atoms with Crippen LogP contribution in [0.1, 0.15) is 45.6 Å². The van der Waals surface area contributed by atoms with Gasteiger partial charge in [0.25, 0.3) is 0 Å². The number of carboxylic acids is 2. The molecule has 2 saturated carbocycles. The minimum Gasteiger partial charge on any atom is -0.478 e. The zero-order valence-electron chi connectivity index (χ0n) is 18.7. The van der Waals surface area contributed by atoms with Crippen molar-refractivity contribution < 1.29 is 24.5 Å². The summed E-state index contributed by atoms with van der Waals surface area (Å²) in [5, 5.41) is 15.6. The van der Waals surface area contributed by atoms with Gasteiger partial charge in [0.05, 0.1) is 12.2 Å². The Morgan fingerprint density at radius 3 is 2.07 bits per heavy atom. The van der Waals surface area contributed by atoms with E-state index in [2.05, 4.69) is 70.1 Å². The molecule has 2 N–H and O–H groups in total. The molecule has 166 valence electrons. The average Bonchev–Trinajstić information content (AvgIpc) is 3.00. The van der Waals surface area contributed by atoms with E-state index in [9.17, 15) is 9.59 Å². The van der Waals surface area contributed by atoms with Gasteiger partial charge >= 0.3 is 11.9 Å². The van der Waals surface area contributed by atoms with Crippen LogP contribution in [0.3, 0.4) is 0 Å². The first-order valence-corrected chi connectivity index (χ1v) is 10.4. The summed E-state index contributed by atoms with van der Waals surface area (Å²) in [5.74, 6) is -1.74. The number of hydrogen-bond donors (Lipinski definition) is 2. The number of hydrogen-bond acceptors (Lipinski definition) is 4. The van der Waals surface area contributed by atoms with E-state index in [0.29, 0.717) is 17.6 Å². The van der Waals surface area contributed by atoms with Crippen molar-refractivity contribution in [2.75, 3.05) is 27.2 Å². The number of carbonyl (C=O) groups is 2. The molecule has 2 bridgehead atoms. The largest absolute Gasteiger partial charge is 0.478 e. The van der Waals surface area contributed by atoms with Gasteiger partial charge < -0.3 is 19.8 Å². The topological polar surface area (TPSA) is 87.1 Å². The first kappa shape index (κ1) is 24.1. The lowest BCUT2D eigenvalue weighted by molar-refractivity contribution is -0.148. The third-order valence-electron chi connectivity index (χ3n) is 7.36. The summed E-state index contributed by atoms with van der Waals surface area (Å²) in [6.45, 7) is 9.19. The second-order valence-electron chi connectivity index (χ2n) is 9.35.